The van der Waals surface area contributed by atoms with Crippen LogP contribution in [0.5, 0.6) is 5.75 Å². The van der Waals surface area contributed by atoms with Crippen LogP contribution in [0.2, 0.25) is 0 Å². The molecule has 5 aromatic carbocycles. The highest BCUT2D eigenvalue weighted by Gasteiger charge is 2.31. The number of carbonyl (C=O) groups excluding carboxylic acids is 1. The number of hydrogen-bond donors (Lipinski definition) is 1. The summed E-state index contributed by atoms with van der Waals surface area (Å²) in [6, 6.07) is 38.0. The van der Waals surface area contributed by atoms with Crippen molar-refractivity contribution >= 4 is 33.4 Å². The second-order valence-corrected chi connectivity index (χ2v) is 12.9. The molecule has 7 nitrogen and oxygen atoms in total. The van der Waals surface area contributed by atoms with Gasteiger partial charge >= 0.3 is 0 Å². The topological polar surface area (TPSA) is 97.5 Å². The van der Waals surface area contributed by atoms with Gasteiger partial charge < -0.3 is 5.11 Å². The highest BCUT2D eigenvalue weighted by atomic mass is 16.3. The second-order valence-electron chi connectivity index (χ2n) is 12.9. The zero-order chi connectivity index (χ0) is 35.9. The molecule has 0 spiro atoms. The van der Waals surface area contributed by atoms with Gasteiger partial charge in [0.15, 0.2) is 5.78 Å². The molecule has 8 aromatic rings. The molecule has 1 N–H and O–H groups in total. The molecule has 3 aromatic heterocycles. The Bertz CT molecular complexity index is 2720. The summed E-state index contributed by atoms with van der Waals surface area (Å²) < 4.78 is 1.52. The van der Waals surface area contributed by atoms with Gasteiger partial charge in [-0.05, 0) is 60.2 Å². The van der Waals surface area contributed by atoms with E-state index in [0.717, 1.165) is 41.5 Å². The predicted molar refractivity (Wildman–Crippen MR) is 208 cm³/mol. The molecular formula is C45H36N4O3. The third kappa shape index (κ3) is 5.51. The summed E-state index contributed by atoms with van der Waals surface area (Å²) in [4.78, 5) is 45.2. The Morgan fingerprint density at radius 1 is 0.577 bits per heavy atom. The quantitative estimate of drug-likeness (QED) is 0.127. The summed E-state index contributed by atoms with van der Waals surface area (Å²) in [5, 5.41) is 12.6. The average Bonchev–Trinajstić information content (AvgIpc) is 3.20. The number of aromatic nitrogens is 4. The van der Waals surface area contributed by atoms with Crippen molar-refractivity contribution in [1.82, 2.24) is 19.4 Å². The van der Waals surface area contributed by atoms with Gasteiger partial charge in [0.25, 0.3) is 5.56 Å². The Morgan fingerprint density at radius 2 is 1.04 bits per heavy atom. The smallest absolute Gasteiger partial charge is 0.269 e. The highest BCUT2D eigenvalue weighted by molar-refractivity contribution is 6.18. The number of aromatic hydroxyl groups is 1. The molecule has 0 aliphatic rings. The van der Waals surface area contributed by atoms with Crippen LogP contribution in [0.15, 0.2) is 126 Å². The molecule has 0 aliphatic heterocycles. The number of aryl methyl sites for hydroxylation is 3. The maximum atomic E-state index is 15.3. The number of fused-ring (bicyclic) bond motifs is 4. The first kappa shape index (κ1) is 32.7. The van der Waals surface area contributed by atoms with Crippen LogP contribution < -0.4 is 5.56 Å². The van der Waals surface area contributed by atoms with E-state index in [9.17, 15) is 9.90 Å². The Labute approximate surface area is 300 Å². The molecule has 254 valence electrons. The third-order valence-corrected chi connectivity index (χ3v) is 9.86. The molecular weight excluding hydrogens is 645 g/mol. The van der Waals surface area contributed by atoms with Crippen molar-refractivity contribution in [3.63, 3.8) is 0 Å². The lowest BCUT2D eigenvalue weighted by molar-refractivity contribution is 0.103. The molecule has 7 heteroatoms. The molecule has 0 aliphatic carbocycles. The minimum atomic E-state index is -0.536. The fraction of sp³-hybridized carbons (Fsp3) is 0.133. The van der Waals surface area contributed by atoms with E-state index in [-0.39, 0.29) is 22.3 Å². The van der Waals surface area contributed by atoms with Crippen LogP contribution in [0.4, 0.5) is 0 Å². The van der Waals surface area contributed by atoms with E-state index >= 15 is 4.79 Å². The largest absolute Gasteiger partial charge is 0.506 e. The maximum Gasteiger partial charge on any atom is 0.269 e. The van der Waals surface area contributed by atoms with Crippen molar-refractivity contribution in [3.05, 3.63) is 159 Å². The minimum Gasteiger partial charge on any atom is -0.506 e. The van der Waals surface area contributed by atoms with Gasteiger partial charge in [-0.25, -0.2) is 15.0 Å². The van der Waals surface area contributed by atoms with E-state index in [1.165, 1.54) is 4.40 Å². The van der Waals surface area contributed by atoms with Gasteiger partial charge in [0.2, 0.25) is 0 Å². The van der Waals surface area contributed by atoms with Crippen LogP contribution in [0.25, 0.3) is 61.4 Å². The number of nitrogens with zero attached hydrogens (tertiary/aromatic N) is 4. The van der Waals surface area contributed by atoms with Crippen LogP contribution in [-0.4, -0.2) is 30.2 Å². The fourth-order valence-corrected chi connectivity index (χ4v) is 6.88. The molecule has 52 heavy (non-hydrogen) atoms. The molecule has 0 saturated carbocycles. The predicted octanol–water partition coefficient (Wildman–Crippen LogP) is 9.42. The Morgan fingerprint density at radius 3 is 1.60 bits per heavy atom. The number of para-hydroxylation sites is 4. The van der Waals surface area contributed by atoms with Gasteiger partial charge in [-0.1, -0.05) is 118 Å². The molecule has 0 fully saturated rings. The van der Waals surface area contributed by atoms with Gasteiger partial charge in [-0.15, -0.1) is 0 Å². The zero-order valence-electron chi connectivity index (χ0n) is 29.2. The SMILES string of the molecule is CCc1ccc(C(=O)c2c(O)c(-c3nc4ccccc4nc3-c3ccc(CC)cc3)c(=O)n3c2c(-c2ccc(CC)cc2)nc2ccccc23)cc1. The van der Waals surface area contributed by atoms with E-state index in [2.05, 4.69) is 20.8 Å². The fourth-order valence-electron chi connectivity index (χ4n) is 6.88. The first-order valence-electron chi connectivity index (χ1n) is 17.7. The first-order chi connectivity index (χ1) is 25.4. The summed E-state index contributed by atoms with van der Waals surface area (Å²) in [5.41, 5.74) is 7.99. The lowest BCUT2D eigenvalue weighted by Crippen LogP contribution is -2.22. The number of hydrogen-bond acceptors (Lipinski definition) is 6. The van der Waals surface area contributed by atoms with Crippen molar-refractivity contribution in [1.29, 1.82) is 0 Å². The lowest BCUT2D eigenvalue weighted by atomic mass is 9.93. The van der Waals surface area contributed by atoms with Crippen LogP contribution in [0.1, 0.15) is 53.4 Å². The molecule has 0 amide bonds. The third-order valence-electron chi connectivity index (χ3n) is 9.86. The number of carbonyl (C=O) groups is 1. The van der Waals surface area contributed by atoms with E-state index in [4.69, 9.17) is 15.0 Å². The highest BCUT2D eigenvalue weighted by Crippen LogP contribution is 2.41. The molecule has 0 atom stereocenters. The number of benzene rings is 5. The van der Waals surface area contributed by atoms with Crippen molar-refractivity contribution in [3.8, 4) is 39.5 Å². The molecule has 8 rings (SSSR count). The van der Waals surface area contributed by atoms with Crippen LogP contribution in [0, 0.1) is 0 Å². The van der Waals surface area contributed by atoms with Gasteiger partial charge in [-0.3, -0.25) is 14.0 Å². The van der Waals surface area contributed by atoms with Crippen LogP contribution >= 0.6 is 0 Å². The van der Waals surface area contributed by atoms with Crippen molar-refractivity contribution in [2.24, 2.45) is 0 Å². The van der Waals surface area contributed by atoms with Crippen molar-refractivity contribution < 1.29 is 9.90 Å². The minimum absolute atomic E-state index is 0.0334. The van der Waals surface area contributed by atoms with E-state index < -0.39 is 17.1 Å². The van der Waals surface area contributed by atoms with Gasteiger partial charge in [0, 0.05) is 16.7 Å². The molecule has 0 unspecified atom stereocenters. The van der Waals surface area contributed by atoms with Gasteiger partial charge in [-0.2, -0.15) is 0 Å². The Kier molecular flexibility index (Phi) is 8.39. The Hall–Kier alpha value is -6.47. The van der Waals surface area contributed by atoms with Gasteiger partial charge in [0.1, 0.15) is 17.0 Å². The summed E-state index contributed by atoms with van der Waals surface area (Å²) in [6.45, 7) is 6.22. The van der Waals surface area contributed by atoms with Crippen molar-refractivity contribution in [2.45, 2.75) is 40.0 Å². The maximum absolute atomic E-state index is 15.3. The average molecular weight is 681 g/mol. The number of ketones is 1. The lowest BCUT2D eigenvalue weighted by Gasteiger charge is -2.19. The standard InChI is InChI=1S/C45H36N4O3/c1-4-27-15-21-30(22-16-27)39-41(47-34-12-8-7-11-33(34)46-39)37-44(51)38(43(50)32-25-19-29(6-3)20-26-32)42-40(31-23-17-28(5-2)18-24-31)48-35-13-9-10-14-36(35)49(42)45(37)52/h7-26,51H,4-6H2,1-3H3. The zero-order valence-corrected chi connectivity index (χ0v) is 29.2. The molecule has 0 radical (unpaired) electrons. The van der Waals surface area contributed by atoms with E-state index in [0.29, 0.717) is 44.6 Å². The molecule has 0 bridgehead atoms. The number of rotatable bonds is 8. The Balaban J connectivity index is 1.55. The normalized spacial score (nSPS) is 11.4. The van der Waals surface area contributed by atoms with Crippen molar-refractivity contribution in [2.75, 3.05) is 0 Å². The van der Waals surface area contributed by atoms with Gasteiger partial charge in [0.05, 0.1) is 44.5 Å². The monoisotopic (exact) mass is 680 g/mol. The summed E-state index contributed by atoms with van der Waals surface area (Å²) in [5.74, 6) is -0.904. The van der Waals surface area contributed by atoms with Crippen LogP contribution in [0.3, 0.4) is 0 Å². The summed E-state index contributed by atoms with van der Waals surface area (Å²) >= 11 is 0. The number of pyridine rings is 1. The molecule has 0 saturated heterocycles. The van der Waals surface area contributed by atoms with Crippen LogP contribution in [-0.2, 0) is 19.3 Å². The first-order valence-corrected chi connectivity index (χ1v) is 17.7. The molecule has 3 heterocycles. The second kappa shape index (κ2) is 13.3. The van der Waals surface area contributed by atoms with E-state index in [1.54, 1.807) is 12.1 Å². The summed E-state index contributed by atoms with van der Waals surface area (Å²) in [7, 11) is 0. The van der Waals surface area contributed by atoms with E-state index in [1.807, 2.05) is 109 Å². The summed E-state index contributed by atoms with van der Waals surface area (Å²) in [6.07, 6.45) is 2.52.